The van der Waals surface area contributed by atoms with Crippen LogP contribution in [0.2, 0.25) is 0 Å². The first-order chi connectivity index (χ1) is 17.0. The number of anilines is 1. The minimum atomic E-state index is -0.136. The number of thioether (sulfide) groups is 1. The summed E-state index contributed by atoms with van der Waals surface area (Å²) in [5.41, 5.74) is 4.72. The molecular weight excluding hydrogens is 458 g/mol. The van der Waals surface area contributed by atoms with Gasteiger partial charge < -0.3 is 10.1 Å². The molecule has 2 aromatic carbocycles. The molecule has 1 fully saturated rings. The number of carbonyl (C=O) groups excluding carboxylic acids is 1. The van der Waals surface area contributed by atoms with Crippen LogP contribution in [0.3, 0.4) is 0 Å². The van der Waals surface area contributed by atoms with E-state index in [1.807, 2.05) is 30.3 Å². The lowest BCUT2D eigenvalue weighted by molar-refractivity contribution is -0.113. The molecule has 5 rings (SSSR count). The monoisotopic (exact) mass is 489 g/mol. The number of benzene rings is 2. The molecule has 0 bridgehead atoms. The Morgan fingerprint density at radius 1 is 1.14 bits per heavy atom. The van der Waals surface area contributed by atoms with E-state index >= 15 is 0 Å². The maximum atomic E-state index is 14.0. The van der Waals surface area contributed by atoms with Crippen LogP contribution < -0.4 is 15.6 Å². The van der Waals surface area contributed by atoms with Gasteiger partial charge in [-0.05, 0) is 55.5 Å². The number of hydrogen-bond donors (Lipinski definition) is 1. The zero-order chi connectivity index (χ0) is 24.4. The molecule has 1 aromatic heterocycles. The molecular formula is C28H31N3O3S. The molecule has 7 heteroatoms. The van der Waals surface area contributed by atoms with Crippen LogP contribution in [0, 0.1) is 0 Å². The molecule has 0 radical (unpaired) electrons. The minimum absolute atomic E-state index is 0.0753. The molecule has 2 aliphatic rings. The van der Waals surface area contributed by atoms with E-state index in [2.05, 4.69) is 30.4 Å². The summed E-state index contributed by atoms with van der Waals surface area (Å²) in [4.78, 5) is 31.8. The highest BCUT2D eigenvalue weighted by Crippen LogP contribution is 2.49. The standard InChI is InChI=1S/C28H31N3O3S/c1-3-16-31-26(33)24-25(22-9-5-4-8-19(22)17-28(24)14-6-7-15-28)30-27(31)35-18-23(32)29-20-10-12-21(34-2)13-11-20/h4-5,8-13H,3,6-7,14-18H2,1-2H3,(H,29,32). The summed E-state index contributed by atoms with van der Waals surface area (Å²) >= 11 is 1.33. The number of rotatable bonds is 7. The summed E-state index contributed by atoms with van der Waals surface area (Å²) in [5, 5.41) is 3.53. The maximum Gasteiger partial charge on any atom is 0.258 e. The van der Waals surface area contributed by atoms with E-state index in [0.29, 0.717) is 17.4 Å². The number of fused-ring (bicyclic) bond motifs is 4. The average molecular weight is 490 g/mol. The summed E-state index contributed by atoms with van der Waals surface area (Å²) in [6.07, 6.45) is 6.11. The summed E-state index contributed by atoms with van der Waals surface area (Å²) in [7, 11) is 1.61. The van der Waals surface area contributed by atoms with E-state index in [4.69, 9.17) is 9.72 Å². The average Bonchev–Trinajstić information content (AvgIpc) is 3.33. The van der Waals surface area contributed by atoms with Gasteiger partial charge in [-0.3, -0.25) is 14.2 Å². The molecule has 1 heterocycles. The second-order valence-electron chi connectivity index (χ2n) is 9.46. The van der Waals surface area contributed by atoms with Gasteiger partial charge in [-0.15, -0.1) is 0 Å². The van der Waals surface area contributed by atoms with Crippen molar-refractivity contribution < 1.29 is 9.53 Å². The van der Waals surface area contributed by atoms with Gasteiger partial charge in [0.2, 0.25) is 5.91 Å². The van der Waals surface area contributed by atoms with E-state index in [9.17, 15) is 9.59 Å². The van der Waals surface area contributed by atoms with Gasteiger partial charge >= 0.3 is 0 Å². The molecule has 3 aromatic rings. The van der Waals surface area contributed by atoms with Gasteiger partial charge in [-0.25, -0.2) is 4.98 Å². The van der Waals surface area contributed by atoms with Crippen molar-refractivity contribution in [1.82, 2.24) is 9.55 Å². The zero-order valence-corrected chi connectivity index (χ0v) is 21.1. The first kappa shape index (κ1) is 23.7. The van der Waals surface area contributed by atoms with E-state index in [0.717, 1.165) is 61.1 Å². The van der Waals surface area contributed by atoms with Crippen LogP contribution in [-0.4, -0.2) is 28.3 Å². The van der Waals surface area contributed by atoms with Gasteiger partial charge in [0.1, 0.15) is 5.75 Å². The summed E-state index contributed by atoms with van der Waals surface area (Å²) in [6.45, 7) is 2.66. The zero-order valence-electron chi connectivity index (χ0n) is 20.3. The summed E-state index contributed by atoms with van der Waals surface area (Å²) in [6, 6.07) is 15.6. The highest BCUT2D eigenvalue weighted by atomic mass is 32.2. The second kappa shape index (κ2) is 9.90. The lowest BCUT2D eigenvalue weighted by atomic mass is 9.68. The predicted molar refractivity (Wildman–Crippen MR) is 140 cm³/mol. The Balaban J connectivity index is 1.48. The fourth-order valence-electron chi connectivity index (χ4n) is 5.58. The smallest absolute Gasteiger partial charge is 0.258 e. The normalized spacial score (nSPS) is 15.5. The van der Waals surface area contributed by atoms with Gasteiger partial charge in [0.15, 0.2) is 5.16 Å². The van der Waals surface area contributed by atoms with Crippen LogP contribution >= 0.6 is 11.8 Å². The lowest BCUT2D eigenvalue weighted by Gasteiger charge is -2.36. The van der Waals surface area contributed by atoms with Crippen LogP contribution in [0.25, 0.3) is 11.3 Å². The van der Waals surface area contributed by atoms with Crippen molar-refractivity contribution >= 4 is 23.4 Å². The Morgan fingerprint density at radius 3 is 2.60 bits per heavy atom. The molecule has 2 aliphatic carbocycles. The van der Waals surface area contributed by atoms with Crippen molar-refractivity contribution in [2.45, 2.75) is 62.6 Å². The predicted octanol–water partition coefficient (Wildman–Crippen LogP) is 5.43. The largest absolute Gasteiger partial charge is 0.497 e. The summed E-state index contributed by atoms with van der Waals surface area (Å²) in [5.74, 6) is 0.774. The molecule has 1 spiro atoms. The van der Waals surface area contributed by atoms with E-state index < -0.39 is 0 Å². The Labute approximate surface area is 210 Å². The molecule has 1 N–H and O–H groups in total. The second-order valence-corrected chi connectivity index (χ2v) is 10.4. The molecule has 6 nitrogen and oxygen atoms in total. The van der Waals surface area contributed by atoms with Crippen molar-refractivity contribution in [3.05, 3.63) is 70.0 Å². The highest BCUT2D eigenvalue weighted by Gasteiger charge is 2.44. The number of methoxy groups -OCH3 is 1. The van der Waals surface area contributed by atoms with Crippen molar-refractivity contribution in [3.8, 4) is 17.0 Å². The summed E-state index contributed by atoms with van der Waals surface area (Å²) < 4.78 is 6.98. The van der Waals surface area contributed by atoms with Crippen molar-refractivity contribution in [1.29, 1.82) is 0 Å². The third-order valence-corrected chi connectivity index (χ3v) is 8.16. The van der Waals surface area contributed by atoms with Gasteiger partial charge in [-0.2, -0.15) is 0 Å². The van der Waals surface area contributed by atoms with Crippen LogP contribution in [0.15, 0.2) is 58.5 Å². The van der Waals surface area contributed by atoms with E-state index in [1.165, 1.54) is 17.3 Å². The van der Waals surface area contributed by atoms with Crippen LogP contribution in [-0.2, 0) is 23.2 Å². The van der Waals surface area contributed by atoms with Crippen molar-refractivity contribution in [2.24, 2.45) is 0 Å². The molecule has 182 valence electrons. The number of amides is 1. The van der Waals surface area contributed by atoms with Gasteiger partial charge in [0, 0.05) is 23.2 Å². The molecule has 1 saturated carbocycles. The third-order valence-electron chi connectivity index (χ3n) is 7.18. The molecule has 0 saturated heterocycles. The number of aromatic nitrogens is 2. The van der Waals surface area contributed by atoms with E-state index in [-0.39, 0.29) is 22.6 Å². The Morgan fingerprint density at radius 2 is 1.89 bits per heavy atom. The number of carbonyl (C=O) groups is 1. The molecule has 35 heavy (non-hydrogen) atoms. The first-order valence-electron chi connectivity index (χ1n) is 12.3. The van der Waals surface area contributed by atoms with Crippen LogP contribution in [0.4, 0.5) is 5.69 Å². The quantitative estimate of drug-likeness (QED) is 0.354. The number of nitrogens with zero attached hydrogens (tertiary/aromatic N) is 2. The van der Waals surface area contributed by atoms with Crippen LogP contribution in [0.1, 0.15) is 50.2 Å². The fourth-order valence-corrected chi connectivity index (χ4v) is 6.40. The van der Waals surface area contributed by atoms with Gasteiger partial charge in [-0.1, -0.05) is 55.8 Å². The van der Waals surface area contributed by atoms with Crippen molar-refractivity contribution in [3.63, 3.8) is 0 Å². The number of ether oxygens (including phenoxy) is 1. The molecule has 0 atom stereocenters. The minimum Gasteiger partial charge on any atom is -0.497 e. The SMILES string of the molecule is CCCn1c(SCC(=O)Nc2ccc(OC)cc2)nc2c(c1=O)C1(CCCC1)Cc1ccccc1-2. The highest BCUT2D eigenvalue weighted by molar-refractivity contribution is 7.99. The Bertz CT molecular complexity index is 1290. The third kappa shape index (κ3) is 4.49. The lowest BCUT2D eigenvalue weighted by Crippen LogP contribution is -2.40. The first-order valence-corrected chi connectivity index (χ1v) is 13.3. The molecule has 0 aliphatic heterocycles. The van der Waals surface area contributed by atoms with Gasteiger partial charge in [0.05, 0.1) is 24.1 Å². The van der Waals surface area contributed by atoms with E-state index in [1.54, 1.807) is 11.7 Å². The van der Waals surface area contributed by atoms with Crippen LogP contribution in [0.5, 0.6) is 5.75 Å². The Hall–Kier alpha value is -3.06. The number of nitrogens with one attached hydrogen (secondary N) is 1. The van der Waals surface area contributed by atoms with Crippen molar-refractivity contribution in [2.75, 3.05) is 18.2 Å². The molecule has 1 amide bonds. The topological polar surface area (TPSA) is 73.2 Å². The van der Waals surface area contributed by atoms with Gasteiger partial charge in [0.25, 0.3) is 5.56 Å². The number of hydrogen-bond acceptors (Lipinski definition) is 5. The Kier molecular flexibility index (Phi) is 6.69. The fraction of sp³-hybridized carbons (Fsp3) is 0.393. The molecule has 0 unspecified atom stereocenters. The maximum absolute atomic E-state index is 14.0.